The van der Waals surface area contributed by atoms with Crippen LogP contribution >= 0.6 is 22.6 Å². The van der Waals surface area contributed by atoms with Crippen molar-refractivity contribution in [3.63, 3.8) is 0 Å². The van der Waals surface area contributed by atoms with Crippen LogP contribution in [0.15, 0.2) is 0 Å². The van der Waals surface area contributed by atoms with Crippen LogP contribution in [0.5, 0.6) is 0 Å². The summed E-state index contributed by atoms with van der Waals surface area (Å²) in [6, 6.07) is 0. The molecule has 0 saturated carbocycles. The number of likely N-dealkylation sites (N-methyl/N-ethyl adjacent to an activating group) is 1. The van der Waals surface area contributed by atoms with Crippen molar-refractivity contribution in [1.29, 1.82) is 0 Å². The van der Waals surface area contributed by atoms with Gasteiger partial charge in [-0.15, -0.1) is 0 Å². The fourth-order valence-electron chi connectivity index (χ4n) is 1.18. The number of nitrogens with zero attached hydrogens (tertiary/aromatic N) is 1. The Morgan fingerprint density at radius 1 is 1.36 bits per heavy atom. The summed E-state index contributed by atoms with van der Waals surface area (Å²) < 4.78 is 11.1. The second-order valence-electron chi connectivity index (χ2n) is 4.02. The number of rotatable bonds is 7. The van der Waals surface area contributed by atoms with E-state index in [4.69, 9.17) is 9.47 Å². The van der Waals surface area contributed by atoms with E-state index in [1.807, 2.05) is 21.0 Å². The average molecular weight is 315 g/mol. The minimum absolute atomic E-state index is 0.129. The molecule has 0 amide bonds. The van der Waals surface area contributed by atoms with Gasteiger partial charge in [-0.25, -0.2) is 0 Å². The van der Waals surface area contributed by atoms with Crippen molar-refractivity contribution in [2.45, 2.75) is 30.5 Å². The van der Waals surface area contributed by atoms with Gasteiger partial charge in [0.05, 0.1) is 12.7 Å². The lowest BCUT2D eigenvalue weighted by Crippen LogP contribution is -2.36. The number of ether oxygens (including phenoxy) is 2. The number of hydrogen-bond donors (Lipinski definition) is 0. The van der Waals surface area contributed by atoms with Crippen molar-refractivity contribution in [3.8, 4) is 0 Å². The molecule has 0 bridgehead atoms. The summed E-state index contributed by atoms with van der Waals surface area (Å²) in [7, 11) is 4.09. The highest BCUT2D eigenvalue weighted by Gasteiger charge is 2.20. The SMILES string of the molecule is CCOCC(CN(C)C)OC(C)(C)I. The first-order chi connectivity index (χ1) is 6.35. The maximum atomic E-state index is 5.87. The zero-order valence-electron chi connectivity index (χ0n) is 9.84. The van der Waals surface area contributed by atoms with Gasteiger partial charge in [0.1, 0.15) is 3.61 Å². The molecule has 0 fully saturated rings. The number of halogens is 1. The van der Waals surface area contributed by atoms with E-state index in [-0.39, 0.29) is 9.71 Å². The third-order valence-electron chi connectivity index (χ3n) is 1.52. The van der Waals surface area contributed by atoms with Gasteiger partial charge in [-0.2, -0.15) is 0 Å². The Morgan fingerprint density at radius 3 is 2.29 bits per heavy atom. The van der Waals surface area contributed by atoms with Crippen molar-refractivity contribution in [2.75, 3.05) is 33.9 Å². The van der Waals surface area contributed by atoms with Gasteiger partial charge in [-0.05, 0) is 57.5 Å². The number of alkyl halides is 1. The second-order valence-corrected chi connectivity index (χ2v) is 6.62. The molecule has 4 heteroatoms. The maximum absolute atomic E-state index is 5.87. The van der Waals surface area contributed by atoms with Gasteiger partial charge in [0.25, 0.3) is 0 Å². The van der Waals surface area contributed by atoms with E-state index in [2.05, 4.69) is 41.3 Å². The quantitative estimate of drug-likeness (QED) is 0.531. The lowest BCUT2D eigenvalue weighted by molar-refractivity contribution is -0.0584. The Balaban J connectivity index is 3.97. The van der Waals surface area contributed by atoms with Gasteiger partial charge < -0.3 is 14.4 Å². The Kier molecular flexibility index (Phi) is 7.28. The standard InChI is InChI=1S/C10H22INO2/c1-6-13-8-9(7-12(4)5)14-10(2,3)11/h9H,6-8H2,1-5H3. The van der Waals surface area contributed by atoms with Gasteiger partial charge >= 0.3 is 0 Å². The predicted molar refractivity (Wildman–Crippen MR) is 68.0 cm³/mol. The molecule has 0 heterocycles. The normalized spacial score (nSPS) is 14.8. The highest BCUT2D eigenvalue weighted by molar-refractivity contribution is 14.1. The topological polar surface area (TPSA) is 21.7 Å². The summed E-state index contributed by atoms with van der Waals surface area (Å²) in [4.78, 5) is 2.12. The van der Waals surface area contributed by atoms with Gasteiger partial charge in [-0.3, -0.25) is 0 Å². The predicted octanol–water partition coefficient (Wildman–Crippen LogP) is 2.14. The Morgan fingerprint density at radius 2 is 1.93 bits per heavy atom. The van der Waals surface area contributed by atoms with E-state index >= 15 is 0 Å². The summed E-state index contributed by atoms with van der Waals surface area (Å²) in [6.45, 7) is 8.43. The maximum Gasteiger partial charge on any atom is 0.114 e. The molecule has 0 aliphatic heterocycles. The van der Waals surface area contributed by atoms with Crippen LogP contribution in [0.2, 0.25) is 0 Å². The minimum atomic E-state index is -0.129. The van der Waals surface area contributed by atoms with Gasteiger partial charge in [-0.1, -0.05) is 0 Å². The molecule has 3 nitrogen and oxygen atoms in total. The van der Waals surface area contributed by atoms with Gasteiger partial charge in [0.15, 0.2) is 0 Å². The molecular weight excluding hydrogens is 293 g/mol. The first kappa shape index (κ1) is 14.6. The van der Waals surface area contributed by atoms with E-state index in [1.54, 1.807) is 0 Å². The number of hydrogen-bond acceptors (Lipinski definition) is 3. The van der Waals surface area contributed by atoms with Crippen molar-refractivity contribution in [2.24, 2.45) is 0 Å². The van der Waals surface area contributed by atoms with Crippen LogP contribution in [0, 0.1) is 0 Å². The first-order valence-corrected chi connectivity index (χ1v) is 6.02. The summed E-state index contributed by atoms with van der Waals surface area (Å²) >= 11 is 2.29. The lowest BCUT2D eigenvalue weighted by Gasteiger charge is -2.28. The zero-order valence-corrected chi connectivity index (χ0v) is 12.0. The van der Waals surface area contributed by atoms with Crippen LogP contribution in [0.4, 0.5) is 0 Å². The van der Waals surface area contributed by atoms with Crippen molar-refractivity contribution < 1.29 is 9.47 Å². The van der Waals surface area contributed by atoms with Crippen LogP contribution in [-0.2, 0) is 9.47 Å². The van der Waals surface area contributed by atoms with E-state index in [0.717, 1.165) is 13.2 Å². The lowest BCUT2D eigenvalue weighted by atomic mass is 10.3. The van der Waals surface area contributed by atoms with E-state index in [0.29, 0.717) is 6.61 Å². The molecule has 86 valence electrons. The summed E-state index contributed by atoms with van der Waals surface area (Å²) in [5.41, 5.74) is 0. The fourth-order valence-corrected chi connectivity index (χ4v) is 1.54. The van der Waals surface area contributed by atoms with Crippen LogP contribution in [0.3, 0.4) is 0 Å². The summed E-state index contributed by atoms with van der Waals surface area (Å²) in [5, 5.41) is 0. The molecule has 0 aromatic carbocycles. The molecule has 14 heavy (non-hydrogen) atoms. The summed E-state index contributed by atoms with van der Waals surface area (Å²) in [5.74, 6) is 0. The molecule has 0 aliphatic carbocycles. The molecule has 0 aliphatic rings. The molecule has 1 atom stereocenters. The first-order valence-electron chi connectivity index (χ1n) is 4.94. The van der Waals surface area contributed by atoms with Crippen molar-refractivity contribution in [1.82, 2.24) is 4.90 Å². The second kappa shape index (κ2) is 6.98. The van der Waals surface area contributed by atoms with Gasteiger partial charge in [0, 0.05) is 13.2 Å². The molecule has 0 aromatic heterocycles. The fraction of sp³-hybridized carbons (Fsp3) is 1.00. The Bertz CT molecular complexity index is 146. The Labute approximate surface area is 101 Å². The average Bonchev–Trinajstić information content (AvgIpc) is 1.96. The highest BCUT2D eigenvalue weighted by Crippen LogP contribution is 2.20. The van der Waals surface area contributed by atoms with Crippen LogP contribution in [0.1, 0.15) is 20.8 Å². The smallest absolute Gasteiger partial charge is 0.114 e. The van der Waals surface area contributed by atoms with Crippen molar-refractivity contribution in [3.05, 3.63) is 0 Å². The Hall–Kier alpha value is 0.610. The van der Waals surface area contributed by atoms with E-state index in [9.17, 15) is 0 Å². The monoisotopic (exact) mass is 315 g/mol. The molecule has 0 radical (unpaired) electrons. The molecule has 0 N–H and O–H groups in total. The minimum Gasteiger partial charge on any atom is -0.379 e. The summed E-state index contributed by atoms with van der Waals surface area (Å²) in [6.07, 6.45) is 0.150. The van der Waals surface area contributed by atoms with Crippen LogP contribution in [0.25, 0.3) is 0 Å². The molecule has 0 rings (SSSR count). The molecule has 0 spiro atoms. The molecule has 0 aromatic rings. The van der Waals surface area contributed by atoms with Gasteiger partial charge in [0.2, 0.25) is 0 Å². The van der Waals surface area contributed by atoms with E-state index in [1.165, 1.54) is 0 Å². The largest absolute Gasteiger partial charge is 0.379 e. The molecule has 1 unspecified atom stereocenters. The van der Waals surface area contributed by atoms with Crippen LogP contribution < -0.4 is 0 Å². The molecular formula is C10H22INO2. The highest BCUT2D eigenvalue weighted by atomic mass is 127. The third kappa shape index (κ3) is 9.18. The van der Waals surface area contributed by atoms with Crippen LogP contribution in [-0.4, -0.2) is 48.5 Å². The van der Waals surface area contributed by atoms with Crippen molar-refractivity contribution >= 4 is 22.6 Å². The van der Waals surface area contributed by atoms with E-state index < -0.39 is 0 Å². The zero-order chi connectivity index (χ0) is 11.2. The third-order valence-corrected chi connectivity index (χ3v) is 1.78. The molecule has 0 saturated heterocycles.